The molecule has 1 saturated heterocycles. The molecule has 1 amide bonds. The highest BCUT2D eigenvalue weighted by atomic mass is 16.2. The largest absolute Gasteiger partial charge is 0.305 e. The summed E-state index contributed by atoms with van der Waals surface area (Å²) in [5.74, 6) is 0.0914. The van der Waals surface area contributed by atoms with E-state index in [1.165, 1.54) is 0 Å². The van der Waals surface area contributed by atoms with E-state index in [9.17, 15) is 4.79 Å². The highest BCUT2D eigenvalue weighted by molar-refractivity contribution is 5.98. The summed E-state index contributed by atoms with van der Waals surface area (Å²) in [6.45, 7) is 11.9. The van der Waals surface area contributed by atoms with E-state index in [0.717, 1.165) is 29.7 Å². The van der Waals surface area contributed by atoms with Crippen LogP contribution in [0.1, 0.15) is 26.7 Å². The van der Waals surface area contributed by atoms with Crippen molar-refractivity contribution in [1.82, 2.24) is 0 Å². The van der Waals surface area contributed by atoms with E-state index in [1.54, 1.807) is 0 Å². The molecule has 1 heterocycles. The van der Waals surface area contributed by atoms with Gasteiger partial charge >= 0.3 is 0 Å². The number of carbonyl (C=O) groups excluding carboxylic acids is 1. The quantitative estimate of drug-likeness (QED) is 0.749. The summed E-state index contributed by atoms with van der Waals surface area (Å²) < 4.78 is 0. The topological polar surface area (TPSA) is 20.3 Å². The van der Waals surface area contributed by atoms with Gasteiger partial charge in [-0.25, -0.2) is 0 Å². The predicted octanol–water partition coefficient (Wildman–Crippen LogP) is 3.95. The van der Waals surface area contributed by atoms with E-state index >= 15 is 0 Å². The first-order valence-electron chi connectivity index (χ1n) is 6.71. The Morgan fingerprint density at radius 2 is 1.74 bits per heavy atom. The van der Waals surface area contributed by atoms with E-state index < -0.39 is 0 Å². The van der Waals surface area contributed by atoms with Crippen LogP contribution < -0.4 is 4.90 Å². The maximum absolute atomic E-state index is 12.7. The number of rotatable bonds is 3. The molecule has 0 radical (unpaired) electrons. The Balaban J connectivity index is 2.39. The summed E-state index contributed by atoms with van der Waals surface area (Å²) in [5, 5.41) is 0. The summed E-state index contributed by atoms with van der Waals surface area (Å²) in [6.07, 6.45) is 1.82. The van der Waals surface area contributed by atoms with Gasteiger partial charge in [0, 0.05) is 5.69 Å². The summed E-state index contributed by atoms with van der Waals surface area (Å²) in [7, 11) is 0. The highest BCUT2D eigenvalue weighted by Crippen LogP contribution is 2.34. The predicted molar refractivity (Wildman–Crippen MR) is 80.1 cm³/mol. The zero-order chi connectivity index (χ0) is 14.0. The van der Waals surface area contributed by atoms with Crippen molar-refractivity contribution in [3.63, 3.8) is 0 Å². The van der Waals surface area contributed by atoms with Gasteiger partial charge in [-0.1, -0.05) is 42.5 Å². The van der Waals surface area contributed by atoms with Crippen LogP contribution in [0.3, 0.4) is 0 Å². The average Bonchev–Trinajstić information content (AvgIpc) is 2.38. The molecule has 0 N–H and O–H groups in total. The van der Waals surface area contributed by atoms with Crippen molar-refractivity contribution in [2.45, 2.75) is 32.7 Å². The molecular weight excluding hydrogens is 234 g/mol. The first-order valence-corrected chi connectivity index (χ1v) is 6.71. The number of amides is 1. The molecule has 1 aliphatic rings. The van der Waals surface area contributed by atoms with Crippen LogP contribution in [-0.4, -0.2) is 11.9 Å². The Bertz CT molecular complexity index is 503. The number of hydrogen-bond donors (Lipinski definition) is 0. The molecule has 0 aliphatic carbocycles. The van der Waals surface area contributed by atoms with Crippen LogP contribution in [0.15, 0.2) is 54.6 Å². The lowest BCUT2D eigenvalue weighted by molar-refractivity contribution is -0.123. The third-order valence-electron chi connectivity index (χ3n) is 3.77. The molecule has 2 heteroatoms. The van der Waals surface area contributed by atoms with Gasteiger partial charge in [-0.2, -0.15) is 0 Å². The molecule has 0 saturated carbocycles. The molecule has 1 fully saturated rings. The molecule has 1 aromatic carbocycles. The fraction of sp³-hybridized carbons (Fsp3) is 0.353. The number of anilines is 1. The van der Waals surface area contributed by atoms with Crippen LogP contribution in [0.2, 0.25) is 0 Å². The maximum atomic E-state index is 12.7. The Morgan fingerprint density at radius 1 is 1.11 bits per heavy atom. The molecular formula is C17H21NO. The van der Waals surface area contributed by atoms with Crippen molar-refractivity contribution in [2.75, 3.05) is 4.90 Å². The van der Waals surface area contributed by atoms with Crippen molar-refractivity contribution < 1.29 is 4.79 Å². The zero-order valence-electron chi connectivity index (χ0n) is 11.7. The molecule has 2 rings (SSSR count). The fourth-order valence-corrected chi connectivity index (χ4v) is 2.72. The van der Waals surface area contributed by atoms with Crippen molar-refractivity contribution in [1.29, 1.82) is 0 Å². The summed E-state index contributed by atoms with van der Waals surface area (Å²) in [6, 6.07) is 9.95. The molecule has 19 heavy (non-hydrogen) atoms. The smallest absolute Gasteiger partial charge is 0.234 e. The van der Waals surface area contributed by atoms with Crippen molar-refractivity contribution in [2.24, 2.45) is 5.92 Å². The zero-order valence-corrected chi connectivity index (χ0v) is 11.7. The number of benzene rings is 1. The number of para-hydroxylation sites is 1. The molecule has 0 unspecified atom stereocenters. The molecule has 1 aromatic rings. The van der Waals surface area contributed by atoms with Crippen molar-refractivity contribution in [3.8, 4) is 0 Å². The number of piperidine rings is 1. The molecule has 0 bridgehead atoms. The first-order chi connectivity index (χ1) is 9.02. The van der Waals surface area contributed by atoms with Gasteiger partial charge < -0.3 is 4.90 Å². The second-order valence-corrected chi connectivity index (χ2v) is 5.38. The SMILES string of the molecule is C=C(C)[C@@H]1CC[C@H](C(=C)C)N(c2ccccc2)C1=O. The van der Waals surface area contributed by atoms with Gasteiger partial charge in [0.15, 0.2) is 0 Å². The number of hydrogen-bond acceptors (Lipinski definition) is 1. The van der Waals surface area contributed by atoms with E-state index in [-0.39, 0.29) is 17.9 Å². The minimum Gasteiger partial charge on any atom is -0.305 e. The van der Waals surface area contributed by atoms with Gasteiger partial charge in [-0.3, -0.25) is 4.79 Å². The van der Waals surface area contributed by atoms with Gasteiger partial charge in [0.1, 0.15) is 0 Å². The Kier molecular flexibility index (Phi) is 3.89. The van der Waals surface area contributed by atoms with E-state index in [0.29, 0.717) is 0 Å². The summed E-state index contributed by atoms with van der Waals surface area (Å²) in [5.41, 5.74) is 2.94. The highest BCUT2D eigenvalue weighted by Gasteiger charge is 2.36. The Hall–Kier alpha value is -1.83. The first kappa shape index (κ1) is 13.6. The van der Waals surface area contributed by atoms with E-state index in [4.69, 9.17) is 0 Å². The lowest BCUT2D eigenvalue weighted by atomic mass is 9.85. The molecule has 0 aromatic heterocycles. The number of nitrogens with zero attached hydrogens (tertiary/aromatic N) is 1. The van der Waals surface area contributed by atoms with Gasteiger partial charge in [-0.05, 0) is 38.8 Å². The fourth-order valence-electron chi connectivity index (χ4n) is 2.72. The van der Waals surface area contributed by atoms with Gasteiger partial charge in [0.25, 0.3) is 0 Å². The maximum Gasteiger partial charge on any atom is 0.234 e. The molecule has 2 nitrogen and oxygen atoms in total. The molecule has 1 aliphatic heterocycles. The molecule has 0 spiro atoms. The average molecular weight is 255 g/mol. The second kappa shape index (κ2) is 5.43. The minimum atomic E-state index is -0.0594. The standard InChI is InChI=1S/C17H21NO/c1-12(2)15-10-11-16(13(3)4)18(17(15)19)14-8-6-5-7-9-14/h5-9,15-16H,1,3,10-11H2,2,4H3/t15-,16+/m0/s1. The number of carbonyl (C=O) groups is 1. The van der Waals surface area contributed by atoms with Gasteiger partial charge in [0.05, 0.1) is 12.0 Å². The summed E-state index contributed by atoms with van der Waals surface area (Å²) in [4.78, 5) is 14.6. The van der Waals surface area contributed by atoms with Crippen LogP contribution in [0.4, 0.5) is 5.69 Å². The summed E-state index contributed by atoms with van der Waals surface area (Å²) >= 11 is 0. The lowest BCUT2D eigenvalue weighted by Crippen LogP contribution is -2.48. The second-order valence-electron chi connectivity index (χ2n) is 5.38. The Labute approximate surface area is 115 Å². The van der Waals surface area contributed by atoms with E-state index in [1.807, 2.05) is 49.1 Å². The van der Waals surface area contributed by atoms with Crippen LogP contribution in [0, 0.1) is 5.92 Å². The monoisotopic (exact) mass is 255 g/mol. The van der Waals surface area contributed by atoms with Gasteiger partial charge in [0.2, 0.25) is 5.91 Å². The minimum absolute atomic E-state index is 0.0594. The van der Waals surface area contributed by atoms with Crippen LogP contribution in [-0.2, 0) is 4.79 Å². The molecule has 2 atom stereocenters. The van der Waals surface area contributed by atoms with Crippen molar-refractivity contribution in [3.05, 3.63) is 54.6 Å². The van der Waals surface area contributed by atoms with Crippen molar-refractivity contribution >= 4 is 11.6 Å². The van der Waals surface area contributed by atoms with Crippen LogP contribution in [0.5, 0.6) is 0 Å². The van der Waals surface area contributed by atoms with E-state index in [2.05, 4.69) is 13.2 Å². The van der Waals surface area contributed by atoms with Gasteiger partial charge in [-0.15, -0.1) is 0 Å². The Morgan fingerprint density at radius 3 is 2.26 bits per heavy atom. The molecule has 100 valence electrons. The van der Waals surface area contributed by atoms with Crippen LogP contribution >= 0.6 is 0 Å². The van der Waals surface area contributed by atoms with Crippen LogP contribution in [0.25, 0.3) is 0 Å². The normalized spacial score (nSPS) is 23.3. The lowest BCUT2D eigenvalue weighted by Gasteiger charge is -2.40. The third-order valence-corrected chi connectivity index (χ3v) is 3.77. The third kappa shape index (κ3) is 2.62.